The molecule has 21 heavy (non-hydrogen) atoms. The van der Waals surface area contributed by atoms with Crippen LogP contribution in [0.4, 0.5) is 0 Å². The molecule has 1 nitrogen and oxygen atoms in total. The maximum atomic E-state index is 3.78. The molecule has 0 unspecified atom stereocenters. The molecule has 1 saturated carbocycles. The van der Waals surface area contributed by atoms with Gasteiger partial charge in [0, 0.05) is 22.4 Å². The Bertz CT molecular complexity index is 699. The van der Waals surface area contributed by atoms with Gasteiger partial charge in [-0.1, -0.05) is 52.3 Å². The quantitative estimate of drug-likeness (QED) is 0.724. The molecule has 1 heterocycles. The Balaban J connectivity index is 1.93. The molecule has 0 saturated heterocycles. The molecule has 0 amide bonds. The van der Waals surface area contributed by atoms with E-state index in [1.165, 1.54) is 47.3 Å². The van der Waals surface area contributed by atoms with E-state index in [2.05, 4.69) is 56.9 Å². The van der Waals surface area contributed by atoms with Gasteiger partial charge in [0.2, 0.25) is 0 Å². The Morgan fingerprint density at radius 1 is 0.952 bits per heavy atom. The zero-order valence-corrected chi connectivity index (χ0v) is 13.6. The van der Waals surface area contributed by atoms with Crippen LogP contribution in [0.5, 0.6) is 0 Å². The zero-order chi connectivity index (χ0) is 14.8. The van der Waals surface area contributed by atoms with Crippen LogP contribution < -0.4 is 0 Å². The van der Waals surface area contributed by atoms with Gasteiger partial charge in [-0.2, -0.15) is 0 Å². The van der Waals surface area contributed by atoms with Crippen molar-refractivity contribution >= 4 is 0 Å². The molecule has 1 spiro atoms. The van der Waals surface area contributed by atoms with Crippen LogP contribution in [0.25, 0.3) is 11.1 Å². The molecule has 2 aliphatic rings. The van der Waals surface area contributed by atoms with Crippen LogP contribution in [0.3, 0.4) is 0 Å². The van der Waals surface area contributed by atoms with Gasteiger partial charge in [0.1, 0.15) is 0 Å². The highest BCUT2D eigenvalue weighted by Crippen LogP contribution is 2.59. The molecular formula is C20H25N. The Hall–Kier alpha value is -1.50. The lowest BCUT2D eigenvalue weighted by molar-refractivity contribution is 0.301. The number of benzene rings is 1. The summed E-state index contributed by atoms with van der Waals surface area (Å²) in [5.41, 5.74) is 9.24. The van der Waals surface area contributed by atoms with E-state index >= 15 is 0 Å². The minimum Gasteiger partial charge on any atom is -0.361 e. The number of aromatic amines is 1. The first-order valence-electron chi connectivity index (χ1n) is 8.41. The van der Waals surface area contributed by atoms with Crippen molar-refractivity contribution in [2.24, 2.45) is 0 Å². The van der Waals surface area contributed by atoms with Gasteiger partial charge < -0.3 is 4.98 Å². The van der Waals surface area contributed by atoms with Crippen molar-refractivity contribution < 1.29 is 0 Å². The van der Waals surface area contributed by atoms with Crippen molar-refractivity contribution in [1.82, 2.24) is 4.98 Å². The van der Waals surface area contributed by atoms with E-state index < -0.39 is 0 Å². The van der Waals surface area contributed by atoms with E-state index in [0.29, 0.717) is 17.3 Å². The standard InChI is InChI=1S/C20H25N/c1-12(2)14-6-7-15-16-11-18(13(3)4)21-19(16)20(8-5-9-20)17(15)10-14/h6-7,10-13,21H,5,8-9H2,1-4H3. The summed E-state index contributed by atoms with van der Waals surface area (Å²) >= 11 is 0. The van der Waals surface area contributed by atoms with Gasteiger partial charge in [0.25, 0.3) is 0 Å². The molecule has 0 atom stereocenters. The van der Waals surface area contributed by atoms with Gasteiger partial charge in [0.05, 0.1) is 0 Å². The molecule has 2 aliphatic carbocycles. The van der Waals surface area contributed by atoms with Gasteiger partial charge in [-0.3, -0.25) is 0 Å². The fourth-order valence-electron chi connectivity index (χ4n) is 4.11. The second kappa shape index (κ2) is 4.25. The predicted molar refractivity (Wildman–Crippen MR) is 89.0 cm³/mol. The van der Waals surface area contributed by atoms with Crippen LogP contribution in [-0.2, 0) is 5.41 Å². The Morgan fingerprint density at radius 2 is 1.71 bits per heavy atom. The van der Waals surface area contributed by atoms with E-state index in [9.17, 15) is 0 Å². The summed E-state index contributed by atoms with van der Waals surface area (Å²) in [6, 6.07) is 9.59. The second-order valence-corrected chi connectivity index (χ2v) is 7.56. The number of nitrogens with one attached hydrogen (secondary N) is 1. The second-order valence-electron chi connectivity index (χ2n) is 7.56. The fraction of sp³-hybridized carbons (Fsp3) is 0.500. The lowest BCUT2D eigenvalue weighted by atomic mass is 9.64. The van der Waals surface area contributed by atoms with Gasteiger partial charge >= 0.3 is 0 Å². The molecule has 4 rings (SSSR count). The molecule has 1 N–H and O–H groups in total. The van der Waals surface area contributed by atoms with Crippen molar-refractivity contribution in [3.05, 3.63) is 46.8 Å². The van der Waals surface area contributed by atoms with Gasteiger partial charge in [-0.05, 0) is 47.4 Å². The van der Waals surface area contributed by atoms with Crippen LogP contribution >= 0.6 is 0 Å². The fourth-order valence-corrected chi connectivity index (χ4v) is 4.11. The molecule has 0 aliphatic heterocycles. The van der Waals surface area contributed by atoms with Crippen molar-refractivity contribution in [3.8, 4) is 11.1 Å². The molecule has 1 heteroatoms. The summed E-state index contributed by atoms with van der Waals surface area (Å²) in [6.07, 6.45) is 3.99. The van der Waals surface area contributed by atoms with E-state index in [0.717, 1.165) is 0 Å². The normalized spacial score (nSPS) is 18.2. The first-order valence-corrected chi connectivity index (χ1v) is 8.41. The third-order valence-electron chi connectivity index (χ3n) is 5.66. The lowest BCUT2D eigenvalue weighted by Crippen LogP contribution is -2.34. The van der Waals surface area contributed by atoms with E-state index in [1.54, 1.807) is 5.56 Å². The van der Waals surface area contributed by atoms with Crippen LogP contribution in [0.1, 0.15) is 81.3 Å². The largest absolute Gasteiger partial charge is 0.361 e. The molecule has 0 bridgehead atoms. The molecule has 1 aromatic carbocycles. The zero-order valence-electron chi connectivity index (χ0n) is 13.6. The number of rotatable bonds is 2. The summed E-state index contributed by atoms with van der Waals surface area (Å²) in [7, 11) is 0. The number of aromatic nitrogens is 1. The summed E-state index contributed by atoms with van der Waals surface area (Å²) in [6.45, 7) is 9.13. The summed E-state index contributed by atoms with van der Waals surface area (Å²) < 4.78 is 0. The highest BCUT2D eigenvalue weighted by Gasteiger charge is 2.49. The van der Waals surface area contributed by atoms with Gasteiger partial charge in [-0.15, -0.1) is 0 Å². The van der Waals surface area contributed by atoms with E-state index in [1.807, 2.05) is 0 Å². The van der Waals surface area contributed by atoms with Gasteiger partial charge in [0.15, 0.2) is 0 Å². The van der Waals surface area contributed by atoms with Crippen LogP contribution in [0.15, 0.2) is 24.3 Å². The molecule has 1 aromatic heterocycles. The topological polar surface area (TPSA) is 15.8 Å². The summed E-state index contributed by atoms with van der Waals surface area (Å²) in [5.74, 6) is 1.18. The van der Waals surface area contributed by atoms with Crippen LogP contribution in [0, 0.1) is 0 Å². The highest BCUT2D eigenvalue weighted by atomic mass is 14.8. The first-order chi connectivity index (χ1) is 10.0. The van der Waals surface area contributed by atoms with E-state index in [-0.39, 0.29) is 0 Å². The smallest absolute Gasteiger partial charge is 0.0366 e. The van der Waals surface area contributed by atoms with Crippen LogP contribution in [-0.4, -0.2) is 4.98 Å². The summed E-state index contributed by atoms with van der Waals surface area (Å²) in [4.78, 5) is 3.78. The molecular weight excluding hydrogens is 254 g/mol. The van der Waals surface area contributed by atoms with Gasteiger partial charge in [-0.25, -0.2) is 0 Å². The van der Waals surface area contributed by atoms with Crippen molar-refractivity contribution in [2.75, 3.05) is 0 Å². The maximum Gasteiger partial charge on any atom is 0.0366 e. The van der Waals surface area contributed by atoms with Crippen molar-refractivity contribution in [3.63, 3.8) is 0 Å². The van der Waals surface area contributed by atoms with Crippen LogP contribution in [0.2, 0.25) is 0 Å². The number of H-pyrrole nitrogens is 1. The third-order valence-corrected chi connectivity index (χ3v) is 5.66. The molecule has 110 valence electrons. The average molecular weight is 279 g/mol. The van der Waals surface area contributed by atoms with Crippen molar-refractivity contribution in [2.45, 2.75) is 64.2 Å². The number of hydrogen-bond donors (Lipinski definition) is 1. The van der Waals surface area contributed by atoms with Crippen molar-refractivity contribution in [1.29, 1.82) is 0 Å². The minimum absolute atomic E-state index is 0.308. The predicted octanol–water partition coefficient (Wildman–Crippen LogP) is 5.71. The van der Waals surface area contributed by atoms with E-state index in [4.69, 9.17) is 0 Å². The Labute approximate surface area is 127 Å². The number of hydrogen-bond acceptors (Lipinski definition) is 0. The SMILES string of the molecule is CC(C)c1ccc2c(c1)C1(CCC1)c1[nH]c(C(C)C)cc1-2. The number of fused-ring (bicyclic) bond motifs is 5. The molecule has 0 radical (unpaired) electrons. The average Bonchev–Trinajstić information content (AvgIpc) is 2.91. The third kappa shape index (κ3) is 1.64. The Kier molecular flexibility index (Phi) is 2.67. The molecule has 2 aromatic rings. The summed E-state index contributed by atoms with van der Waals surface area (Å²) in [5, 5.41) is 0. The highest BCUT2D eigenvalue weighted by molar-refractivity contribution is 5.81. The monoisotopic (exact) mass is 279 g/mol. The lowest BCUT2D eigenvalue weighted by Gasteiger charge is -2.40. The molecule has 1 fully saturated rings. The first kappa shape index (κ1) is 13.2. The maximum absolute atomic E-state index is 3.78. The Morgan fingerprint density at radius 3 is 2.29 bits per heavy atom. The minimum atomic E-state index is 0.308.